The molecular formula is C18H20O3. The Morgan fingerprint density at radius 1 is 0.952 bits per heavy atom. The van der Waals surface area contributed by atoms with Gasteiger partial charge in [0.2, 0.25) is 0 Å². The molecule has 2 aromatic carbocycles. The van der Waals surface area contributed by atoms with Gasteiger partial charge in [-0.25, -0.2) is 0 Å². The summed E-state index contributed by atoms with van der Waals surface area (Å²) in [5, 5.41) is 10.6. The van der Waals surface area contributed by atoms with Gasteiger partial charge in [0.25, 0.3) is 0 Å². The van der Waals surface area contributed by atoms with Gasteiger partial charge in [0.15, 0.2) is 0 Å². The second-order valence-electron chi connectivity index (χ2n) is 5.49. The van der Waals surface area contributed by atoms with E-state index in [2.05, 4.69) is 12.1 Å². The van der Waals surface area contributed by atoms with Crippen molar-refractivity contribution in [2.24, 2.45) is 0 Å². The molecule has 110 valence electrons. The van der Waals surface area contributed by atoms with Crippen LogP contribution in [0.5, 0.6) is 11.5 Å². The van der Waals surface area contributed by atoms with Crippen molar-refractivity contribution >= 4 is 0 Å². The van der Waals surface area contributed by atoms with Crippen LogP contribution in [-0.2, 0) is 0 Å². The molecule has 1 fully saturated rings. The van der Waals surface area contributed by atoms with Crippen LogP contribution in [0.1, 0.15) is 41.6 Å². The molecule has 0 aliphatic heterocycles. The van der Waals surface area contributed by atoms with E-state index in [4.69, 9.17) is 9.47 Å². The summed E-state index contributed by atoms with van der Waals surface area (Å²) in [7, 11) is 3.22. The lowest BCUT2D eigenvalue weighted by molar-refractivity contribution is 0.219. The third kappa shape index (κ3) is 3.03. The van der Waals surface area contributed by atoms with Crippen LogP contribution in [0.3, 0.4) is 0 Å². The molecule has 0 heterocycles. The van der Waals surface area contributed by atoms with E-state index in [1.807, 2.05) is 24.3 Å². The van der Waals surface area contributed by atoms with Crippen molar-refractivity contribution in [2.45, 2.75) is 24.9 Å². The molecule has 3 rings (SSSR count). The fourth-order valence-electron chi connectivity index (χ4n) is 2.58. The van der Waals surface area contributed by atoms with Gasteiger partial charge in [0.1, 0.15) is 17.6 Å². The molecule has 3 nitrogen and oxygen atoms in total. The maximum atomic E-state index is 10.6. The molecule has 1 unspecified atom stereocenters. The Kier molecular flexibility index (Phi) is 3.84. The minimum absolute atomic E-state index is 0.673. The van der Waals surface area contributed by atoms with Crippen molar-refractivity contribution in [3.8, 4) is 11.5 Å². The highest BCUT2D eigenvalue weighted by molar-refractivity contribution is 5.43. The molecule has 2 aromatic rings. The highest BCUT2D eigenvalue weighted by Gasteiger charge is 2.24. The summed E-state index contributed by atoms with van der Waals surface area (Å²) in [6.45, 7) is 0. The zero-order valence-corrected chi connectivity index (χ0v) is 12.4. The highest BCUT2D eigenvalue weighted by Crippen LogP contribution is 2.41. The van der Waals surface area contributed by atoms with Crippen molar-refractivity contribution in [3.63, 3.8) is 0 Å². The Bertz CT molecular complexity index is 610. The van der Waals surface area contributed by atoms with Crippen LogP contribution >= 0.6 is 0 Å². The van der Waals surface area contributed by atoms with Crippen LogP contribution in [0.4, 0.5) is 0 Å². The molecule has 1 saturated carbocycles. The first-order valence-electron chi connectivity index (χ1n) is 7.22. The topological polar surface area (TPSA) is 38.7 Å². The van der Waals surface area contributed by atoms with Crippen LogP contribution in [0.15, 0.2) is 42.5 Å². The number of aliphatic hydroxyl groups is 1. The van der Waals surface area contributed by atoms with Crippen molar-refractivity contribution in [1.29, 1.82) is 0 Å². The van der Waals surface area contributed by atoms with E-state index in [0.717, 1.165) is 11.1 Å². The number of rotatable bonds is 5. The average molecular weight is 284 g/mol. The molecule has 0 bridgehead atoms. The Morgan fingerprint density at radius 2 is 1.62 bits per heavy atom. The lowest BCUT2D eigenvalue weighted by Crippen LogP contribution is -2.01. The molecule has 21 heavy (non-hydrogen) atoms. The Labute approximate surface area is 125 Å². The molecule has 1 aliphatic rings. The predicted octanol–water partition coefficient (Wildman–Crippen LogP) is 3.66. The van der Waals surface area contributed by atoms with E-state index in [1.165, 1.54) is 18.4 Å². The smallest absolute Gasteiger partial charge is 0.122 e. The second-order valence-corrected chi connectivity index (χ2v) is 5.49. The van der Waals surface area contributed by atoms with Gasteiger partial charge in [0, 0.05) is 6.07 Å². The zero-order chi connectivity index (χ0) is 14.8. The SMILES string of the molecule is COc1cc(OC)cc(C(O)c2cccc(C3CC3)c2)c1. The average Bonchev–Trinajstić information content (AvgIpc) is 3.38. The lowest BCUT2D eigenvalue weighted by atomic mass is 9.98. The maximum Gasteiger partial charge on any atom is 0.122 e. The summed E-state index contributed by atoms with van der Waals surface area (Å²) >= 11 is 0. The fourth-order valence-corrected chi connectivity index (χ4v) is 2.58. The van der Waals surface area contributed by atoms with E-state index in [1.54, 1.807) is 20.3 Å². The van der Waals surface area contributed by atoms with Crippen LogP contribution in [-0.4, -0.2) is 19.3 Å². The summed E-state index contributed by atoms with van der Waals surface area (Å²) in [6, 6.07) is 13.7. The monoisotopic (exact) mass is 284 g/mol. The zero-order valence-electron chi connectivity index (χ0n) is 12.4. The fraction of sp³-hybridized carbons (Fsp3) is 0.333. The normalized spacial score (nSPS) is 15.6. The largest absolute Gasteiger partial charge is 0.497 e. The standard InChI is InChI=1S/C18H20O3/c1-20-16-9-15(10-17(11-16)21-2)18(19)14-5-3-4-13(8-14)12-6-7-12/h3-5,8-12,18-19H,6-7H2,1-2H3. The third-order valence-electron chi connectivity index (χ3n) is 3.96. The van der Waals surface area contributed by atoms with E-state index in [-0.39, 0.29) is 0 Å². The van der Waals surface area contributed by atoms with Crippen LogP contribution in [0.2, 0.25) is 0 Å². The minimum Gasteiger partial charge on any atom is -0.497 e. The van der Waals surface area contributed by atoms with E-state index in [0.29, 0.717) is 17.4 Å². The van der Waals surface area contributed by atoms with Gasteiger partial charge < -0.3 is 14.6 Å². The molecule has 0 aromatic heterocycles. The van der Waals surface area contributed by atoms with Gasteiger partial charge in [-0.15, -0.1) is 0 Å². The van der Waals surface area contributed by atoms with Crippen molar-refractivity contribution in [3.05, 3.63) is 59.2 Å². The van der Waals surface area contributed by atoms with Gasteiger partial charge >= 0.3 is 0 Å². The highest BCUT2D eigenvalue weighted by atomic mass is 16.5. The summed E-state index contributed by atoms with van der Waals surface area (Å²) in [5.74, 6) is 2.04. The van der Waals surface area contributed by atoms with E-state index < -0.39 is 6.10 Å². The minimum atomic E-state index is -0.673. The van der Waals surface area contributed by atoms with Gasteiger partial charge in [-0.2, -0.15) is 0 Å². The molecule has 0 amide bonds. The number of benzene rings is 2. The second kappa shape index (κ2) is 5.78. The summed E-state index contributed by atoms with van der Waals surface area (Å²) in [5.41, 5.74) is 3.01. The molecule has 0 saturated heterocycles. The van der Waals surface area contributed by atoms with E-state index >= 15 is 0 Å². The maximum absolute atomic E-state index is 10.6. The first-order valence-corrected chi connectivity index (χ1v) is 7.22. The number of aliphatic hydroxyl groups excluding tert-OH is 1. The molecule has 3 heteroatoms. The van der Waals surface area contributed by atoms with Gasteiger partial charge in [-0.3, -0.25) is 0 Å². The number of hydrogen-bond acceptors (Lipinski definition) is 3. The molecule has 1 N–H and O–H groups in total. The summed E-state index contributed by atoms with van der Waals surface area (Å²) in [6.07, 6.45) is 1.84. The van der Waals surface area contributed by atoms with Crippen molar-refractivity contribution in [1.82, 2.24) is 0 Å². The lowest BCUT2D eigenvalue weighted by Gasteiger charge is -2.15. The van der Waals surface area contributed by atoms with Crippen molar-refractivity contribution < 1.29 is 14.6 Å². The Hall–Kier alpha value is -2.00. The van der Waals surface area contributed by atoms with Crippen LogP contribution < -0.4 is 9.47 Å². The van der Waals surface area contributed by atoms with E-state index in [9.17, 15) is 5.11 Å². The van der Waals surface area contributed by atoms with Crippen LogP contribution in [0.25, 0.3) is 0 Å². The molecule has 0 spiro atoms. The summed E-state index contributed by atoms with van der Waals surface area (Å²) < 4.78 is 10.5. The first-order chi connectivity index (χ1) is 10.2. The number of ether oxygens (including phenoxy) is 2. The first kappa shape index (κ1) is 14.0. The van der Waals surface area contributed by atoms with Crippen LogP contribution in [0, 0.1) is 0 Å². The number of hydrogen-bond donors (Lipinski definition) is 1. The summed E-state index contributed by atoms with van der Waals surface area (Å²) in [4.78, 5) is 0. The van der Waals surface area contributed by atoms with Gasteiger partial charge in [-0.05, 0) is 47.6 Å². The number of methoxy groups -OCH3 is 2. The molecule has 0 radical (unpaired) electrons. The Balaban J connectivity index is 1.93. The Morgan fingerprint density at radius 3 is 2.19 bits per heavy atom. The molecule has 1 atom stereocenters. The third-order valence-corrected chi connectivity index (χ3v) is 3.96. The quantitative estimate of drug-likeness (QED) is 0.910. The van der Waals surface area contributed by atoms with Gasteiger partial charge in [0.05, 0.1) is 14.2 Å². The van der Waals surface area contributed by atoms with Crippen molar-refractivity contribution in [2.75, 3.05) is 14.2 Å². The van der Waals surface area contributed by atoms with Gasteiger partial charge in [-0.1, -0.05) is 24.3 Å². The molecule has 1 aliphatic carbocycles. The predicted molar refractivity (Wildman–Crippen MR) is 82.0 cm³/mol. The molecular weight excluding hydrogens is 264 g/mol.